The normalized spacial score (nSPS) is 17.6. The number of aryl methyl sites for hydroxylation is 3. The minimum atomic E-state index is 0.0400. The van der Waals surface area contributed by atoms with Crippen LogP contribution < -0.4 is 5.32 Å². The zero-order chi connectivity index (χ0) is 14.1. The van der Waals surface area contributed by atoms with E-state index in [1.165, 1.54) is 0 Å². The van der Waals surface area contributed by atoms with Crippen LogP contribution in [0.25, 0.3) is 0 Å². The topological polar surface area (TPSA) is 46.9 Å². The molecule has 0 radical (unpaired) electrons. The lowest BCUT2D eigenvalue weighted by atomic mass is 9.95. The van der Waals surface area contributed by atoms with Crippen LogP contribution in [0.4, 0.5) is 5.69 Å². The molecule has 2 aromatic rings. The first-order valence-electron chi connectivity index (χ1n) is 7.01. The molecule has 1 aromatic carbocycles. The largest absolute Gasteiger partial charge is 0.335 e. The van der Waals surface area contributed by atoms with E-state index in [-0.39, 0.29) is 11.8 Å². The molecule has 0 saturated carbocycles. The molecule has 20 heavy (non-hydrogen) atoms. The number of imidazole rings is 1. The van der Waals surface area contributed by atoms with Crippen molar-refractivity contribution in [2.45, 2.75) is 33.2 Å². The van der Waals surface area contributed by atoms with E-state index in [0.717, 1.165) is 41.9 Å². The van der Waals surface area contributed by atoms with Gasteiger partial charge in [-0.1, -0.05) is 18.2 Å². The number of amides is 1. The third-order valence-corrected chi connectivity index (χ3v) is 4.07. The summed E-state index contributed by atoms with van der Waals surface area (Å²) in [6, 6.07) is 6.07. The van der Waals surface area contributed by atoms with Crippen molar-refractivity contribution in [1.29, 1.82) is 0 Å². The number of hydrogen-bond donors (Lipinski definition) is 1. The summed E-state index contributed by atoms with van der Waals surface area (Å²) in [6.07, 6.45) is 5.35. The summed E-state index contributed by atoms with van der Waals surface area (Å²) < 4.78 is 2.13. The fourth-order valence-corrected chi connectivity index (χ4v) is 2.83. The average Bonchev–Trinajstić information content (AvgIpc) is 2.90. The van der Waals surface area contributed by atoms with E-state index < -0.39 is 0 Å². The maximum Gasteiger partial charge on any atom is 0.227 e. The number of fused-ring (bicyclic) bond motifs is 1. The van der Waals surface area contributed by atoms with Crippen molar-refractivity contribution in [3.05, 3.63) is 47.5 Å². The Labute approximate surface area is 118 Å². The molecule has 3 rings (SSSR count). The zero-order valence-electron chi connectivity index (χ0n) is 11.9. The molecule has 0 fully saturated rings. The second-order valence-electron chi connectivity index (χ2n) is 5.52. The molecule has 1 amide bonds. The Morgan fingerprint density at radius 3 is 2.85 bits per heavy atom. The van der Waals surface area contributed by atoms with Crippen LogP contribution in [0.5, 0.6) is 0 Å². The standard InChI is InChI=1S/C16H19N3O/c1-11-4-3-5-12(2)15(11)18-16(20)13-6-7-19-10-17-9-14(19)8-13/h3-5,9-10,13H,6-8H2,1-2H3,(H,18,20). The number of aromatic nitrogens is 2. The quantitative estimate of drug-likeness (QED) is 0.911. The molecule has 1 aliphatic heterocycles. The molecule has 0 spiro atoms. The van der Waals surface area contributed by atoms with Crippen LogP contribution in [0.15, 0.2) is 30.7 Å². The molecule has 4 heteroatoms. The van der Waals surface area contributed by atoms with Crippen LogP contribution in [0.2, 0.25) is 0 Å². The Morgan fingerprint density at radius 1 is 1.35 bits per heavy atom. The van der Waals surface area contributed by atoms with Crippen LogP contribution in [0.3, 0.4) is 0 Å². The summed E-state index contributed by atoms with van der Waals surface area (Å²) in [5.41, 5.74) is 4.33. The Hall–Kier alpha value is -2.10. The summed E-state index contributed by atoms with van der Waals surface area (Å²) >= 11 is 0. The van der Waals surface area contributed by atoms with Crippen LogP contribution in [0.1, 0.15) is 23.2 Å². The Bertz CT molecular complexity index is 625. The Balaban J connectivity index is 1.75. The lowest BCUT2D eigenvalue weighted by Crippen LogP contribution is -2.30. The maximum atomic E-state index is 12.5. The highest BCUT2D eigenvalue weighted by Crippen LogP contribution is 2.24. The lowest BCUT2D eigenvalue weighted by molar-refractivity contribution is -0.120. The SMILES string of the molecule is Cc1cccc(C)c1NC(=O)C1CCn2cncc2C1. The van der Waals surface area contributed by atoms with Gasteiger partial charge in [0, 0.05) is 36.5 Å². The van der Waals surface area contributed by atoms with E-state index >= 15 is 0 Å². The molecule has 104 valence electrons. The maximum absolute atomic E-state index is 12.5. The number of rotatable bonds is 2. The van der Waals surface area contributed by atoms with E-state index in [9.17, 15) is 4.79 Å². The fourth-order valence-electron chi connectivity index (χ4n) is 2.83. The fraction of sp³-hybridized carbons (Fsp3) is 0.375. The summed E-state index contributed by atoms with van der Waals surface area (Å²) in [5, 5.41) is 3.10. The monoisotopic (exact) mass is 269 g/mol. The van der Waals surface area contributed by atoms with Crippen molar-refractivity contribution in [1.82, 2.24) is 9.55 Å². The van der Waals surface area contributed by atoms with Crippen molar-refractivity contribution >= 4 is 11.6 Å². The number of nitrogens with one attached hydrogen (secondary N) is 1. The molecular weight excluding hydrogens is 250 g/mol. The number of benzene rings is 1. The van der Waals surface area contributed by atoms with Gasteiger partial charge in [0.1, 0.15) is 0 Å². The molecule has 0 aliphatic carbocycles. The van der Waals surface area contributed by atoms with Crippen molar-refractivity contribution in [2.24, 2.45) is 5.92 Å². The highest BCUT2D eigenvalue weighted by atomic mass is 16.1. The molecule has 0 saturated heterocycles. The van der Waals surface area contributed by atoms with Gasteiger partial charge in [0.2, 0.25) is 5.91 Å². The number of hydrogen-bond acceptors (Lipinski definition) is 2. The highest BCUT2D eigenvalue weighted by molar-refractivity contribution is 5.94. The minimum Gasteiger partial charge on any atom is -0.335 e. The highest BCUT2D eigenvalue weighted by Gasteiger charge is 2.25. The second kappa shape index (κ2) is 5.12. The van der Waals surface area contributed by atoms with Gasteiger partial charge in [0.25, 0.3) is 0 Å². The van der Waals surface area contributed by atoms with Crippen molar-refractivity contribution < 1.29 is 4.79 Å². The first-order valence-corrected chi connectivity index (χ1v) is 7.01. The number of para-hydroxylation sites is 1. The molecule has 4 nitrogen and oxygen atoms in total. The first-order chi connectivity index (χ1) is 9.65. The first kappa shape index (κ1) is 12.9. The van der Waals surface area contributed by atoms with Gasteiger partial charge in [-0.25, -0.2) is 4.98 Å². The van der Waals surface area contributed by atoms with Crippen LogP contribution in [0, 0.1) is 19.8 Å². The third kappa shape index (κ3) is 2.33. The summed E-state index contributed by atoms with van der Waals surface area (Å²) in [6.45, 7) is 4.93. The summed E-state index contributed by atoms with van der Waals surface area (Å²) in [4.78, 5) is 16.6. The minimum absolute atomic E-state index is 0.0400. The van der Waals surface area contributed by atoms with Gasteiger partial charge in [0.15, 0.2) is 0 Å². The van der Waals surface area contributed by atoms with Crippen LogP contribution in [-0.4, -0.2) is 15.5 Å². The molecule has 2 heterocycles. The molecular formula is C16H19N3O. The predicted octanol–water partition coefficient (Wildman–Crippen LogP) is 2.70. The van der Waals surface area contributed by atoms with E-state index in [1.54, 1.807) is 0 Å². The van der Waals surface area contributed by atoms with Gasteiger partial charge in [-0.2, -0.15) is 0 Å². The summed E-state index contributed by atoms with van der Waals surface area (Å²) in [7, 11) is 0. The molecule has 1 N–H and O–H groups in total. The van der Waals surface area contributed by atoms with Crippen molar-refractivity contribution in [2.75, 3.05) is 5.32 Å². The third-order valence-electron chi connectivity index (χ3n) is 4.07. The number of carbonyl (C=O) groups excluding carboxylic acids is 1. The van der Waals surface area contributed by atoms with E-state index in [0.29, 0.717) is 0 Å². The van der Waals surface area contributed by atoms with Gasteiger partial charge in [-0.05, 0) is 31.4 Å². The molecule has 1 aliphatic rings. The van der Waals surface area contributed by atoms with Gasteiger partial charge in [-0.3, -0.25) is 4.79 Å². The second-order valence-corrected chi connectivity index (χ2v) is 5.52. The zero-order valence-corrected chi connectivity index (χ0v) is 11.9. The van der Waals surface area contributed by atoms with Crippen molar-refractivity contribution in [3.63, 3.8) is 0 Å². The predicted molar refractivity (Wildman–Crippen MR) is 78.6 cm³/mol. The molecule has 0 bridgehead atoms. The molecule has 1 atom stereocenters. The van der Waals surface area contributed by atoms with E-state index in [2.05, 4.69) is 14.9 Å². The van der Waals surface area contributed by atoms with Crippen LogP contribution >= 0.6 is 0 Å². The smallest absolute Gasteiger partial charge is 0.227 e. The van der Waals surface area contributed by atoms with E-state index in [1.807, 2.05) is 44.6 Å². The van der Waals surface area contributed by atoms with Gasteiger partial charge < -0.3 is 9.88 Å². The molecule has 1 aromatic heterocycles. The summed E-state index contributed by atoms with van der Waals surface area (Å²) in [5.74, 6) is 0.160. The number of carbonyl (C=O) groups is 1. The Morgan fingerprint density at radius 2 is 2.10 bits per heavy atom. The van der Waals surface area contributed by atoms with Crippen LogP contribution in [-0.2, 0) is 17.8 Å². The Kier molecular flexibility index (Phi) is 3.30. The van der Waals surface area contributed by atoms with Gasteiger partial charge >= 0.3 is 0 Å². The lowest BCUT2D eigenvalue weighted by Gasteiger charge is -2.23. The molecule has 1 unspecified atom stereocenters. The number of nitrogens with zero attached hydrogens (tertiary/aromatic N) is 2. The van der Waals surface area contributed by atoms with Gasteiger partial charge in [-0.15, -0.1) is 0 Å². The van der Waals surface area contributed by atoms with Crippen molar-refractivity contribution in [3.8, 4) is 0 Å². The van der Waals surface area contributed by atoms with Gasteiger partial charge in [0.05, 0.1) is 6.33 Å². The average molecular weight is 269 g/mol. The van der Waals surface area contributed by atoms with E-state index in [4.69, 9.17) is 0 Å². The number of anilines is 1.